The lowest BCUT2D eigenvalue weighted by atomic mass is 10.0. The minimum absolute atomic E-state index is 0.554. The van der Waals surface area contributed by atoms with Crippen molar-refractivity contribution >= 4 is 11.5 Å². The smallest absolute Gasteiger partial charge is 0.148 e. The molecule has 2 atom stereocenters. The predicted octanol–water partition coefficient (Wildman–Crippen LogP) is 3.17. The first-order valence-electron chi connectivity index (χ1n) is 7.21. The molecule has 0 saturated heterocycles. The second-order valence-electron chi connectivity index (χ2n) is 5.62. The van der Waals surface area contributed by atoms with Gasteiger partial charge in [-0.05, 0) is 39.0 Å². The molecular formula is C14H26N4. The number of nitrogens with zero attached hydrogens (tertiary/aromatic N) is 2. The summed E-state index contributed by atoms with van der Waals surface area (Å²) in [6, 6.07) is 0.554. The molecule has 1 saturated carbocycles. The Hall–Kier alpha value is -1.19. The number of nitrogens with two attached hydrogens (primary N) is 1. The highest BCUT2D eigenvalue weighted by atomic mass is 15.3. The lowest BCUT2D eigenvalue weighted by Crippen LogP contribution is -2.21. The largest absolute Gasteiger partial charge is 0.394 e. The highest BCUT2D eigenvalue weighted by Crippen LogP contribution is 2.28. The average Bonchev–Trinajstić information content (AvgIpc) is 2.53. The zero-order valence-corrected chi connectivity index (χ0v) is 11.9. The third kappa shape index (κ3) is 2.79. The van der Waals surface area contributed by atoms with E-state index in [1.165, 1.54) is 32.1 Å². The van der Waals surface area contributed by atoms with Gasteiger partial charge >= 0.3 is 0 Å². The maximum atomic E-state index is 6.12. The molecule has 1 aromatic rings. The Morgan fingerprint density at radius 1 is 1.33 bits per heavy atom. The van der Waals surface area contributed by atoms with Gasteiger partial charge in [0.15, 0.2) is 0 Å². The van der Waals surface area contributed by atoms with Gasteiger partial charge in [0.25, 0.3) is 0 Å². The summed E-state index contributed by atoms with van der Waals surface area (Å²) in [5.41, 5.74) is 7.86. The van der Waals surface area contributed by atoms with Gasteiger partial charge in [0.1, 0.15) is 5.82 Å². The van der Waals surface area contributed by atoms with E-state index < -0.39 is 0 Å². The number of anilines is 2. The van der Waals surface area contributed by atoms with Crippen molar-refractivity contribution in [3.8, 4) is 0 Å². The number of hydrogen-bond donors (Lipinski definition) is 2. The van der Waals surface area contributed by atoms with E-state index in [1.54, 1.807) is 0 Å². The molecule has 0 radical (unpaired) electrons. The van der Waals surface area contributed by atoms with Crippen LogP contribution >= 0.6 is 0 Å². The molecule has 2 rings (SSSR count). The van der Waals surface area contributed by atoms with Crippen LogP contribution in [0.2, 0.25) is 0 Å². The van der Waals surface area contributed by atoms with Crippen LogP contribution in [-0.2, 0) is 6.54 Å². The first-order chi connectivity index (χ1) is 8.61. The Kier molecular flexibility index (Phi) is 4.15. The molecule has 4 heteroatoms. The SMILES string of the molecule is CCn1nc(C)c(N)c1NC1CCCC(C)CC1. The molecule has 102 valence electrons. The van der Waals surface area contributed by atoms with Crippen molar-refractivity contribution < 1.29 is 0 Å². The van der Waals surface area contributed by atoms with Crippen LogP contribution in [0, 0.1) is 12.8 Å². The van der Waals surface area contributed by atoms with Crippen LogP contribution in [0.3, 0.4) is 0 Å². The van der Waals surface area contributed by atoms with Crippen LogP contribution in [0.4, 0.5) is 11.5 Å². The van der Waals surface area contributed by atoms with Gasteiger partial charge in [0, 0.05) is 12.6 Å². The lowest BCUT2D eigenvalue weighted by molar-refractivity contribution is 0.501. The van der Waals surface area contributed by atoms with Crippen LogP contribution < -0.4 is 11.1 Å². The van der Waals surface area contributed by atoms with Crippen molar-refractivity contribution in [1.82, 2.24) is 9.78 Å². The summed E-state index contributed by atoms with van der Waals surface area (Å²) in [7, 11) is 0. The van der Waals surface area contributed by atoms with Crippen molar-refractivity contribution in [2.75, 3.05) is 11.1 Å². The van der Waals surface area contributed by atoms with Crippen LogP contribution in [0.1, 0.15) is 51.6 Å². The topological polar surface area (TPSA) is 55.9 Å². The Labute approximate surface area is 110 Å². The summed E-state index contributed by atoms with van der Waals surface area (Å²) in [4.78, 5) is 0. The van der Waals surface area contributed by atoms with Crippen molar-refractivity contribution in [3.05, 3.63) is 5.69 Å². The molecule has 1 aliphatic carbocycles. The minimum atomic E-state index is 0.554. The average molecular weight is 250 g/mol. The van der Waals surface area contributed by atoms with E-state index in [-0.39, 0.29) is 0 Å². The molecule has 2 unspecified atom stereocenters. The summed E-state index contributed by atoms with van der Waals surface area (Å²) >= 11 is 0. The first-order valence-corrected chi connectivity index (χ1v) is 7.21. The second-order valence-corrected chi connectivity index (χ2v) is 5.62. The molecule has 1 heterocycles. The van der Waals surface area contributed by atoms with E-state index in [9.17, 15) is 0 Å². The van der Waals surface area contributed by atoms with E-state index >= 15 is 0 Å². The van der Waals surface area contributed by atoms with Gasteiger partial charge in [0.2, 0.25) is 0 Å². The van der Waals surface area contributed by atoms with Crippen LogP contribution in [0.5, 0.6) is 0 Å². The first kappa shape index (κ1) is 13.2. The van der Waals surface area contributed by atoms with E-state index in [2.05, 4.69) is 24.3 Å². The summed E-state index contributed by atoms with van der Waals surface area (Å²) in [6.07, 6.45) is 6.49. The third-order valence-corrected chi connectivity index (χ3v) is 4.07. The normalized spacial score (nSPS) is 24.8. The van der Waals surface area contributed by atoms with Crippen LogP contribution in [-0.4, -0.2) is 15.8 Å². The van der Waals surface area contributed by atoms with Gasteiger partial charge in [-0.1, -0.05) is 19.8 Å². The van der Waals surface area contributed by atoms with E-state index in [1.807, 2.05) is 11.6 Å². The number of aromatic nitrogens is 2. The predicted molar refractivity (Wildman–Crippen MR) is 76.7 cm³/mol. The summed E-state index contributed by atoms with van der Waals surface area (Å²) < 4.78 is 1.99. The molecule has 1 aliphatic rings. The molecule has 1 aromatic heterocycles. The molecule has 0 bridgehead atoms. The van der Waals surface area contributed by atoms with Gasteiger partial charge in [0.05, 0.1) is 11.4 Å². The van der Waals surface area contributed by atoms with E-state index in [0.717, 1.165) is 29.7 Å². The Balaban J connectivity index is 2.08. The molecule has 18 heavy (non-hydrogen) atoms. The molecule has 4 nitrogen and oxygen atoms in total. The van der Waals surface area contributed by atoms with E-state index in [4.69, 9.17) is 5.73 Å². The number of hydrogen-bond acceptors (Lipinski definition) is 3. The molecule has 0 aliphatic heterocycles. The monoisotopic (exact) mass is 250 g/mol. The highest BCUT2D eigenvalue weighted by molar-refractivity contribution is 5.65. The highest BCUT2D eigenvalue weighted by Gasteiger charge is 2.19. The molecule has 0 amide bonds. The van der Waals surface area contributed by atoms with Crippen LogP contribution in [0.15, 0.2) is 0 Å². The van der Waals surface area contributed by atoms with Gasteiger partial charge < -0.3 is 11.1 Å². The number of aryl methyl sites for hydroxylation is 2. The van der Waals surface area contributed by atoms with Crippen LogP contribution in [0.25, 0.3) is 0 Å². The number of nitrogen functional groups attached to an aromatic ring is 1. The molecular weight excluding hydrogens is 224 g/mol. The Morgan fingerprint density at radius 2 is 2.11 bits per heavy atom. The van der Waals surface area contributed by atoms with Crippen molar-refractivity contribution in [2.24, 2.45) is 5.92 Å². The molecule has 0 spiro atoms. The summed E-state index contributed by atoms with van der Waals surface area (Å²) in [5.74, 6) is 1.89. The van der Waals surface area contributed by atoms with E-state index in [0.29, 0.717) is 6.04 Å². The summed E-state index contributed by atoms with van der Waals surface area (Å²) in [5, 5.41) is 8.09. The Morgan fingerprint density at radius 3 is 2.83 bits per heavy atom. The standard InChI is InChI=1S/C14H26N4/c1-4-18-14(13(15)11(3)17-18)16-12-7-5-6-10(2)8-9-12/h10,12,16H,4-9,15H2,1-3H3. The second kappa shape index (κ2) is 5.63. The fraction of sp³-hybridized carbons (Fsp3) is 0.786. The zero-order valence-electron chi connectivity index (χ0n) is 11.9. The molecule has 1 fully saturated rings. The fourth-order valence-electron chi connectivity index (χ4n) is 2.80. The maximum absolute atomic E-state index is 6.12. The number of nitrogens with one attached hydrogen (secondary N) is 1. The zero-order chi connectivity index (χ0) is 13.1. The maximum Gasteiger partial charge on any atom is 0.148 e. The minimum Gasteiger partial charge on any atom is -0.394 e. The van der Waals surface area contributed by atoms with Gasteiger partial charge in [-0.15, -0.1) is 0 Å². The third-order valence-electron chi connectivity index (χ3n) is 4.07. The lowest BCUT2D eigenvalue weighted by Gasteiger charge is -2.19. The van der Waals surface area contributed by atoms with Gasteiger partial charge in [-0.2, -0.15) is 5.10 Å². The quantitative estimate of drug-likeness (QED) is 0.810. The number of rotatable bonds is 3. The van der Waals surface area contributed by atoms with Gasteiger partial charge in [-0.3, -0.25) is 0 Å². The summed E-state index contributed by atoms with van der Waals surface area (Å²) in [6.45, 7) is 7.30. The van der Waals surface area contributed by atoms with Crippen molar-refractivity contribution in [3.63, 3.8) is 0 Å². The Bertz CT molecular complexity index is 397. The fourth-order valence-corrected chi connectivity index (χ4v) is 2.80. The molecule has 0 aromatic carbocycles. The van der Waals surface area contributed by atoms with Crippen molar-refractivity contribution in [1.29, 1.82) is 0 Å². The van der Waals surface area contributed by atoms with Crippen molar-refractivity contribution in [2.45, 2.75) is 65.5 Å². The van der Waals surface area contributed by atoms with Gasteiger partial charge in [-0.25, -0.2) is 4.68 Å². The molecule has 3 N–H and O–H groups in total.